The Hall–Kier alpha value is -0.390. The third-order valence-electron chi connectivity index (χ3n) is 3.82. The summed E-state index contributed by atoms with van der Waals surface area (Å²) in [5.74, 6) is 0. The van der Waals surface area contributed by atoms with Crippen LogP contribution >= 0.6 is 15.9 Å². The molecule has 5 heteroatoms. The summed E-state index contributed by atoms with van der Waals surface area (Å²) in [4.78, 5) is 0.419. The van der Waals surface area contributed by atoms with Crippen LogP contribution in [0.5, 0.6) is 0 Å². The molecule has 0 aromatic heterocycles. The van der Waals surface area contributed by atoms with Gasteiger partial charge in [0.05, 0.1) is 4.90 Å². The second kappa shape index (κ2) is 5.54. The van der Waals surface area contributed by atoms with Crippen molar-refractivity contribution in [1.82, 2.24) is 4.31 Å². The van der Waals surface area contributed by atoms with E-state index in [2.05, 4.69) is 15.9 Å². The van der Waals surface area contributed by atoms with E-state index in [1.54, 1.807) is 10.4 Å². The van der Waals surface area contributed by atoms with E-state index in [4.69, 9.17) is 0 Å². The Morgan fingerprint density at radius 2 is 1.79 bits per heavy atom. The summed E-state index contributed by atoms with van der Waals surface area (Å²) in [5.41, 5.74) is 0.799. The lowest BCUT2D eigenvalue weighted by molar-refractivity contribution is 0.204. The fourth-order valence-electron chi connectivity index (χ4n) is 2.84. The molecule has 19 heavy (non-hydrogen) atoms. The van der Waals surface area contributed by atoms with Crippen molar-refractivity contribution < 1.29 is 8.42 Å². The summed E-state index contributed by atoms with van der Waals surface area (Å²) in [5, 5.41) is 0. The molecule has 0 aliphatic carbocycles. The smallest absolute Gasteiger partial charge is 0.207 e. The normalized spacial score (nSPS) is 25.5. The molecule has 1 saturated heterocycles. The summed E-state index contributed by atoms with van der Waals surface area (Å²) >= 11 is 3.36. The molecule has 1 fully saturated rings. The molecule has 0 amide bonds. The molecule has 0 spiro atoms. The van der Waals surface area contributed by atoms with Gasteiger partial charge in [-0.2, -0.15) is 4.31 Å². The topological polar surface area (TPSA) is 37.4 Å². The van der Waals surface area contributed by atoms with Crippen LogP contribution in [0, 0.1) is 6.92 Å². The fourth-order valence-corrected chi connectivity index (χ4v) is 5.49. The van der Waals surface area contributed by atoms with Crippen LogP contribution in [-0.2, 0) is 10.0 Å². The number of rotatable bonds is 2. The number of benzene rings is 1. The number of halogens is 1. The van der Waals surface area contributed by atoms with Crippen molar-refractivity contribution in [1.29, 1.82) is 0 Å². The Bertz CT molecular complexity index is 561. The quantitative estimate of drug-likeness (QED) is 0.819. The van der Waals surface area contributed by atoms with Gasteiger partial charge in [0, 0.05) is 16.6 Å². The molecule has 2 unspecified atom stereocenters. The minimum absolute atomic E-state index is 0.0760. The summed E-state index contributed by atoms with van der Waals surface area (Å²) in [6.45, 7) is 5.85. The molecule has 1 aromatic carbocycles. The largest absolute Gasteiger partial charge is 0.243 e. The monoisotopic (exact) mass is 345 g/mol. The number of hydrogen-bond donors (Lipinski definition) is 0. The van der Waals surface area contributed by atoms with Gasteiger partial charge < -0.3 is 0 Å². The highest BCUT2D eigenvalue weighted by Crippen LogP contribution is 2.31. The Kier molecular flexibility index (Phi) is 4.38. The maximum absolute atomic E-state index is 12.9. The van der Waals surface area contributed by atoms with Gasteiger partial charge in [-0.25, -0.2) is 8.42 Å². The molecular weight excluding hydrogens is 326 g/mol. The lowest BCUT2D eigenvalue weighted by Gasteiger charge is -2.38. The average Bonchev–Trinajstić information content (AvgIpc) is 2.31. The first-order valence-corrected chi connectivity index (χ1v) is 8.87. The Morgan fingerprint density at radius 3 is 2.37 bits per heavy atom. The van der Waals surface area contributed by atoms with Crippen molar-refractivity contribution in [2.75, 3.05) is 0 Å². The maximum Gasteiger partial charge on any atom is 0.243 e. The zero-order valence-corrected chi connectivity index (χ0v) is 14.0. The number of nitrogens with zero attached hydrogens (tertiary/aromatic N) is 1. The molecule has 0 bridgehead atoms. The third kappa shape index (κ3) is 2.88. The van der Waals surface area contributed by atoms with E-state index in [9.17, 15) is 8.42 Å². The van der Waals surface area contributed by atoms with Gasteiger partial charge in [-0.3, -0.25) is 0 Å². The molecule has 0 N–H and O–H groups in total. The van der Waals surface area contributed by atoms with Crippen molar-refractivity contribution in [3.8, 4) is 0 Å². The zero-order valence-electron chi connectivity index (χ0n) is 11.6. The number of sulfonamides is 1. The maximum atomic E-state index is 12.9. The highest BCUT2D eigenvalue weighted by Gasteiger charge is 2.36. The van der Waals surface area contributed by atoms with Crippen LogP contribution in [0.15, 0.2) is 27.6 Å². The first-order valence-electron chi connectivity index (χ1n) is 6.63. The van der Waals surface area contributed by atoms with Gasteiger partial charge in [0.1, 0.15) is 0 Å². The predicted octanol–water partition coefficient (Wildman–Crippen LogP) is 3.71. The molecule has 0 radical (unpaired) electrons. The predicted molar refractivity (Wildman–Crippen MR) is 80.7 cm³/mol. The molecule has 2 rings (SSSR count). The van der Waals surface area contributed by atoms with E-state index in [0.717, 1.165) is 29.3 Å². The van der Waals surface area contributed by atoms with Crippen LogP contribution < -0.4 is 0 Å². The second-order valence-corrected chi connectivity index (χ2v) is 8.10. The molecule has 0 saturated carbocycles. The van der Waals surface area contributed by atoms with Gasteiger partial charge in [0.15, 0.2) is 0 Å². The van der Waals surface area contributed by atoms with Crippen LogP contribution in [0.3, 0.4) is 0 Å². The van der Waals surface area contributed by atoms with Gasteiger partial charge in [-0.05, 0) is 51.3 Å². The summed E-state index contributed by atoms with van der Waals surface area (Å²) in [6.07, 6.45) is 2.99. The van der Waals surface area contributed by atoms with Crippen molar-refractivity contribution in [2.45, 2.75) is 57.0 Å². The molecule has 1 aromatic rings. The number of piperidine rings is 1. The van der Waals surface area contributed by atoms with Crippen molar-refractivity contribution in [2.24, 2.45) is 0 Å². The van der Waals surface area contributed by atoms with E-state index in [-0.39, 0.29) is 12.1 Å². The van der Waals surface area contributed by atoms with Crippen molar-refractivity contribution >= 4 is 26.0 Å². The van der Waals surface area contributed by atoms with E-state index >= 15 is 0 Å². The summed E-state index contributed by atoms with van der Waals surface area (Å²) in [6, 6.07) is 5.58. The molecule has 3 nitrogen and oxygen atoms in total. The summed E-state index contributed by atoms with van der Waals surface area (Å²) in [7, 11) is -3.41. The molecule has 1 aliphatic rings. The zero-order chi connectivity index (χ0) is 14.2. The second-order valence-electron chi connectivity index (χ2n) is 5.37. The molecule has 2 atom stereocenters. The molecule has 1 heterocycles. The van der Waals surface area contributed by atoms with Crippen LogP contribution in [0.4, 0.5) is 0 Å². The lowest BCUT2D eigenvalue weighted by atomic mass is 10.0. The Balaban J connectivity index is 2.49. The van der Waals surface area contributed by atoms with E-state index < -0.39 is 10.0 Å². The number of hydrogen-bond acceptors (Lipinski definition) is 2. The van der Waals surface area contributed by atoms with E-state index in [1.807, 2.05) is 32.9 Å². The van der Waals surface area contributed by atoms with Gasteiger partial charge in [0.25, 0.3) is 0 Å². The minimum Gasteiger partial charge on any atom is -0.207 e. The highest BCUT2D eigenvalue weighted by molar-refractivity contribution is 9.10. The summed E-state index contributed by atoms with van der Waals surface area (Å²) < 4.78 is 28.3. The average molecular weight is 346 g/mol. The van der Waals surface area contributed by atoms with Gasteiger partial charge in [-0.1, -0.05) is 28.4 Å². The van der Waals surface area contributed by atoms with Crippen LogP contribution in [0.1, 0.15) is 38.7 Å². The Morgan fingerprint density at radius 1 is 1.21 bits per heavy atom. The van der Waals surface area contributed by atoms with Gasteiger partial charge >= 0.3 is 0 Å². The van der Waals surface area contributed by atoms with Gasteiger partial charge in [0.2, 0.25) is 10.0 Å². The highest BCUT2D eigenvalue weighted by atomic mass is 79.9. The third-order valence-corrected chi connectivity index (χ3v) is 6.58. The lowest BCUT2D eigenvalue weighted by Crippen LogP contribution is -2.47. The van der Waals surface area contributed by atoms with E-state index in [1.165, 1.54) is 0 Å². The first kappa shape index (κ1) is 15.0. The minimum atomic E-state index is -3.41. The molecular formula is C14H20BrNO2S. The van der Waals surface area contributed by atoms with Crippen LogP contribution in [-0.4, -0.2) is 24.8 Å². The van der Waals surface area contributed by atoms with Crippen molar-refractivity contribution in [3.63, 3.8) is 0 Å². The molecule has 106 valence electrons. The van der Waals surface area contributed by atoms with Gasteiger partial charge in [-0.15, -0.1) is 0 Å². The number of aryl methyl sites for hydroxylation is 1. The van der Waals surface area contributed by atoms with Crippen LogP contribution in [0.2, 0.25) is 0 Å². The van der Waals surface area contributed by atoms with Crippen molar-refractivity contribution in [3.05, 3.63) is 28.2 Å². The fraction of sp³-hybridized carbons (Fsp3) is 0.571. The Labute approximate surface area is 124 Å². The van der Waals surface area contributed by atoms with E-state index in [0.29, 0.717) is 4.90 Å². The SMILES string of the molecule is Cc1ccc(Br)cc1S(=O)(=O)N1C(C)CCCC1C. The molecule has 1 aliphatic heterocycles. The first-order chi connectivity index (χ1) is 8.84. The van der Waals surface area contributed by atoms with Crippen LogP contribution in [0.25, 0.3) is 0 Å². The standard InChI is InChI=1S/C14H20BrNO2S/c1-10-7-8-13(15)9-14(10)19(17,18)16-11(2)5-4-6-12(16)3/h7-9,11-12H,4-6H2,1-3H3.